The Balaban J connectivity index is 3.38. The normalized spacial score (nSPS) is 11.1. The van der Waals surface area contributed by atoms with E-state index in [1.807, 2.05) is 6.07 Å². The molecule has 0 saturated heterocycles. The molecule has 0 radical (unpaired) electrons. The fourth-order valence-electron chi connectivity index (χ4n) is 1.06. The molecule has 74 valence electrons. The van der Waals surface area contributed by atoms with E-state index in [2.05, 4.69) is 15.9 Å². The molecule has 14 heavy (non-hydrogen) atoms. The third-order valence-corrected chi connectivity index (χ3v) is 2.57. The van der Waals surface area contributed by atoms with Gasteiger partial charge in [0.15, 0.2) is 0 Å². The second-order valence-electron chi connectivity index (χ2n) is 3.48. The first kappa shape index (κ1) is 11.1. The summed E-state index contributed by atoms with van der Waals surface area (Å²) in [6.45, 7) is 3.16. The summed E-state index contributed by atoms with van der Waals surface area (Å²) >= 11 is 2.95. The molecular formula is C10H8BrF2N. The first-order valence-electron chi connectivity index (χ1n) is 3.95. The number of rotatable bonds is 1. The van der Waals surface area contributed by atoms with Gasteiger partial charge in [0, 0.05) is 11.6 Å². The van der Waals surface area contributed by atoms with Crippen LogP contribution in [0.2, 0.25) is 0 Å². The molecule has 0 fully saturated rings. The highest BCUT2D eigenvalue weighted by Gasteiger charge is 2.25. The molecule has 0 amide bonds. The molecule has 0 aliphatic carbocycles. The number of hydrogen-bond donors (Lipinski definition) is 0. The van der Waals surface area contributed by atoms with Gasteiger partial charge in [0.05, 0.1) is 16.0 Å². The Bertz CT molecular complexity index is 407. The molecule has 0 bridgehead atoms. The number of benzene rings is 1. The zero-order chi connectivity index (χ0) is 10.9. The minimum atomic E-state index is -0.958. The summed E-state index contributed by atoms with van der Waals surface area (Å²) in [6.07, 6.45) is 0. The third-order valence-electron chi connectivity index (χ3n) is 1.96. The predicted octanol–water partition coefficient (Wildman–Crippen LogP) is 3.53. The lowest BCUT2D eigenvalue weighted by Crippen LogP contribution is -2.16. The van der Waals surface area contributed by atoms with Crippen molar-refractivity contribution in [1.82, 2.24) is 0 Å². The van der Waals surface area contributed by atoms with Crippen LogP contribution in [0.1, 0.15) is 19.4 Å². The second kappa shape index (κ2) is 3.66. The van der Waals surface area contributed by atoms with Gasteiger partial charge in [-0.05, 0) is 35.8 Å². The highest BCUT2D eigenvalue weighted by Crippen LogP contribution is 2.29. The summed E-state index contributed by atoms with van der Waals surface area (Å²) in [5.41, 5.74) is -0.770. The molecule has 0 heterocycles. The zero-order valence-electron chi connectivity index (χ0n) is 7.74. The van der Waals surface area contributed by atoms with Crippen LogP contribution < -0.4 is 0 Å². The van der Waals surface area contributed by atoms with Crippen LogP contribution in [0.3, 0.4) is 0 Å². The minimum Gasteiger partial charge on any atom is -0.207 e. The molecule has 0 atom stereocenters. The van der Waals surface area contributed by atoms with Crippen molar-refractivity contribution in [1.29, 1.82) is 5.26 Å². The van der Waals surface area contributed by atoms with Gasteiger partial charge in [0.1, 0.15) is 11.6 Å². The molecule has 0 aliphatic rings. The van der Waals surface area contributed by atoms with Gasteiger partial charge < -0.3 is 0 Å². The van der Waals surface area contributed by atoms with Crippen molar-refractivity contribution < 1.29 is 8.78 Å². The molecule has 1 rings (SSSR count). The number of halogens is 3. The molecule has 0 unspecified atom stereocenters. The summed E-state index contributed by atoms with van der Waals surface area (Å²) in [5, 5.41) is 8.81. The van der Waals surface area contributed by atoms with E-state index in [1.165, 1.54) is 6.07 Å². The molecule has 1 nitrogen and oxygen atoms in total. The average Bonchev–Trinajstić information content (AvgIpc) is 2.11. The quantitative estimate of drug-likeness (QED) is 0.708. The lowest BCUT2D eigenvalue weighted by Gasteiger charge is -2.16. The Kier molecular flexibility index (Phi) is 2.91. The van der Waals surface area contributed by atoms with Crippen LogP contribution >= 0.6 is 15.9 Å². The Morgan fingerprint density at radius 1 is 1.29 bits per heavy atom. The summed E-state index contributed by atoms with van der Waals surface area (Å²) < 4.78 is 26.3. The van der Waals surface area contributed by atoms with E-state index < -0.39 is 17.0 Å². The van der Waals surface area contributed by atoms with E-state index in [-0.39, 0.29) is 10.0 Å². The van der Waals surface area contributed by atoms with E-state index in [0.29, 0.717) is 0 Å². The van der Waals surface area contributed by atoms with Gasteiger partial charge in [-0.25, -0.2) is 8.78 Å². The van der Waals surface area contributed by atoms with Crippen LogP contribution in [0.25, 0.3) is 0 Å². The van der Waals surface area contributed by atoms with Crippen LogP contribution in [-0.4, -0.2) is 0 Å². The second-order valence-corrected chi connectivity index (χ2v) is 4.34. The maximum Gasteiger partial charge on any atom is 0.140 e. The molecule has 0 aliphatic heterocycles. The van der Waals surface area contributed by atoms with E-state index in [1.54, 1.807) is 13.8 Å². The maximum absolute atomic E-state index is 13.3. The molecule has 0 N–H and O–H groups in total. The monoisotopic (exact) mass is 259 g/mol. The fourth-order valence-corrected chi connectivity index (χ4v) is 1.41. The van der Waals surface area contributed by atoms with E-state index in [9.17, 15) is 8.78 Å². The van der Waals surface area contributed by atoms with Crippen molar-refractivity contribution in [2.45, 2.75) is 19.3 Å². The van der Waals surface area contributed by atoms with Crippen molar-refractivity contribution in [3.8, 4) is 6.07 Å². The van der Waals surface area contributed by atoms with E-state index >= 15 is 0 Å². The molecule has 0 saturated carbocycles. The maximum atomic E-state index is 13.3. The van der Waals surface area contributed by atoms with Gasteiger partial charge >= 0.3 is 0 Å². The summed E-state index contributed by atoms with van der Waals surface area (Å²) in [5.74, 6) is -1.36. The van der Waals surface area contributed by atoms with Crippen molar-refractivity contribution in [2.75, 3.05) is 0 Å². The van der Waals surface area contributed by atoms with E-state index in [0.717, 1.165) is 6.07 Å². The molecule has 1 aromatic carbocycles. The average molecular weight is 260 g/mol. The lowest BCUT2D eigenvalue weighted by atomic mass is 9.86. The molecular weight excluding hydrogens is 252 g/mol. The zero-order valence-corrected chi connectivity index (χ0v) is 9.32. The minimum absolute atomic E-state index is 0.164. The smallest absolute Gasteiger partial charge is 0.140 e. The van der Waals surface area contributed by atoms with Crippen LogP contribution in [0.4, 0.5) is 8.78 Å². The summed E-state index contributed by atoms with van der Waals surface area (Å²) in [6, 6.07) is 4.04. The van der Waals surface area contributed by atoms with Crippen molar-refractivity contribution in [3.05, 3.63) is 33.8 Å². The molecule has 1 aromatic rings. The van der Waals surface area contributed by atoms with Crippen LogP contribution in [-0.2, 0) is 5.41 Å². The van der Waals surface area contributed by atoms with Crippen molar-refractivity contribution >= 4 is 15.9 Å². The SMILES string of the molecule is CC(C)(C#N)c1cc(Br)c(F)cc1F. The number of nitrogens with zero attached hydrogens (tertiary/aromatic N) is 1. The highest BCUT2D eigenvalue weighted by atomic mass is 79.9. The van der Waals surface area contributed by atoms with Crippen LogP contribution in [0.15, 0.2) is 16.6 Å². The summed E-state index contributed by atoms with van der Waals surface area (Å²) in [4.78, 5) is 0. The molecule has 0 spiro atoms. The predicted molar refractivity (Wildman–Crippen MR) is 52.7 cm³/mol. The molecule has 0 aromatic heterocycles. The summed E-state index contributed by atoms with van der Waals surface area (Å²) in [7, 11) is 0. The number of nitriles is 1. The van der Waals surface area contributed by atoms with Gasteiger partial charge in [-0.15, -0.1) is 0 Å². The standard InChI is InChI=1S/C10H8BrF2N/c1-10(2,5-14)6-3-7(11)9(13)4-8(6)12/h3-4H,1-2H3. The van der Waals surface area contributed by atoms with Gasteiger partial charge in [0.2, 0.25) is 0 Å². The Labute approximate surface area is 89.5 Å². The third kappa shape index (κ3) is 1.93. The van der Waals surface area contributed by atoms with Gasteiger partial charge in [-0.3, -0.25) is 0 Å². The van der Waals surface area contributed by atoms with Crippen molar-refractivity contribution in [2.24, 2.45) is 0 Å². The first-order chi connectivity index (χ1) is 6.38. The van der Waals surface area contributed by atoms with Crippen molar-refractivity contribution in [3.63, 3.8) is 0 Å². The first-order valence-corrected chi connectivity index (χ1v) is 4.74. The Morgan fingerprint density at radius 3 is 2.36 bits per heavy atom. The lowest BCUT2D eigenvalue weighted by molar-refractivity contribution is 0.540. The Morgan fingerprint density at radius 2 is 1.86 bits per heavy atom. The fraction of sp³-hybridized carbons (Fsp3) is 0.300. The van der Waals surface area contributed by atoms with Crippen LogP contribution in [0.5, 0.6) is 0 Å². The Hall–Kier alpha value is -0.950. The topological polar surface area (TPSA) is 23.8 Å². The van der Waals surface area contributed by atoms with Gasteiger partial charge in [-0.1, -0.05) is 0 Å². The highest BCUT2D eigenvalue weighted by molar-refractivity contribution is 9.10. The van der Waals surface area contributed by atoms with Crippen LogP contribution in [0, 0.1) is 23.0 Å². The van der Waals surface area contributed by atoms with Gasteiger partial charge in [0.25, 0.3) is 0 Å². The van der Waals surface area contributed by atoms with Gasteiger partial charge in [-0.2, -0.15) is 5.26 Å². The largest absolute Gasteiger partial charge is 0.207 e. The number of hydrogen-bond acceptors (Lipinski definition) is 1. The molecule has 4 heteroatoms. The van der Waals surface area contributed by atoms with E-state index in [4.69, 9.17) is 5.26 Å².